The number of hydrogen-bond donors (Lipinski definition) is 1. The van der Waals surface area contributed by atoms with E-state index in [1.165, 1.54) is 21.2 Å². The lowest BCUT2D eigenvalue weighted by atomic mass is 10.0. The molecule has 0 aliphatic heterocycles. The molecule has 1 aromatic carbocycles. The van der Waals surface area contributed by atoms with Crippen molar-refractivity contribution in [2.24, 2.45) is 0 Å². The van der Waals surface area contributed by atoms with Crippen LogP contribution in [0.3, 0.4) is 0 Å². The Kier molecular flexibility index (Phi) is 2.00. The lowest BCUT2D eigenvalue weighted by Gasteiger charge is -2.07. The van der Waals surface area contributed by atoms with Gasteiger partial charge >= 0.3 is 0 Å². The van der Waals surface area contributed by atoms with E-state index < -0.39 is 0 Å². The Morgan fingerprint density at radius 1 is 1.46 bits per heavy atom. The zero-order valence-corrected chi connectivity index (χ0v) is 8.74. The maximum absolute atomic E-state index is 6.03. The minimum Gasteiger partial charge on any atom is -0.398 e. The van der Waals surface area contributed by atoms with E-state index in [9.17, 15) is 0 Å². The summed E-state index contributed by atoms with van der Waals surface area (Å²) in [4.78, 5) is 0. The number of hydrogen-bond acceptors (Lipinski definition) is 2. The van der Waals surface area contributed by atoms with Crippen LogP contribution >= 0.6 is 11.3 Å². The molecule has 0 saturated heterocycles. The van der Waals surface area contributed by atoms with Crippen LogP contribution in [-0.2, 0) is 6.42 Å². The first-order chi connectivity index (χ1) is 6.24. The molecule has 2 N–H and O–H groups in total. The van der Waals surface area contributed by atoms with Crippen molar-refractivity contribution in [1.82, 2.24) is 0 Å². The van der Waals surface area contributed by atoms with E-state index in [2.05, 4.69) is 31.4 Å². The Morgan fingerprint density at radius 2 is 2.23 bits per heavy atom. The van der Waals surface area contributed by atoms with Gasteiger partial charge < -0.3 is 5.73 Å². The number of fused-ring (bicyclic) bond motifs is 1. The summed E-state index contributed by atoms with van der Waals surface area (Å²) in [6.45, 7) is 4.23. The minimum atomic E-state index is 0.970. The topological polar surface area (TPSA) is 26.0 Å². The smallest absolute Gasteiger partial charge is 0.0395 e. The summed E-state index contributed by atoms with van der Waals surface area (Å²) in [5.41, 5.74) is 9.50. The second-order valence-corrected chi connectivity index (χ2v) is 4.19. The number of aryl methyl sites for hydroxylation is 2. The van der Waals surface area contributed by atoms with Gasteiger partial charge in [0.25, 0.3) is 0 Å². The highest BCUT2D eigenvalue weighted by Crippen LogP contribution is 2.31. The molecule has 0 aliphatic rings. The average molecular weight is 191 g/mol. The van der Waals surface area contributed by atoms with E-state index in [1.807, 2.05) is 0 Å². The predicted molar refractivity (Wildman–Crippen MR) is 60.4 cm³/mol. The highest BCUT2D eigenvalue weighted by molar-refractivity contribution is 7.17. The molecule has 2 heteroatoms. The molecule has 1 aromatic heterocycles. The first kappa shape index (κ1) is 8.57. The third kappa shape index (κ3) is 1.22. The molecule has 2 aromatic rings. The van der Waals surface area contributed by atoms with Gasteiger partial charge in [-0.3, -0.25) is 0 Å². The second-order valence-electron chi connectivity index (χ2n) is 3.28. The van der Waals surface area contributed by atoms with E-state index in [4.69, 9.17) is 5.73 Å². The quantitative estimate of drug-likeness (QED) is 0.687. The summed E-state index contributed by atoms with van der Waals surface area (Å²) in [7, 11) is 0. The maximum Gasteiger partial charge on any atom is 0.0395 e. The molecule has 0 aliphatic carbocycles. The number of anilines is 1. The predicted octanol–water partition coefficient (Wildman–Crippen LogP) is 3.35. The molecular formula is C11H13NS. The molecule has 0 fully saturated rings. The van der Waals surface area contributed by atoms with Crippen molar-refractivity contribution in [3.8, 4) is 0 Å². The van der Waals surface area contributed by atoms with Gasteiger partial charge in [0.2, 0.25) is 0 Å². The van der Waals surface area contributed by atoms with Gasteiger partial charge in [0.05, 0.1) is 0 Å². The van der Waals surface area contributed by atoms with Crippen molar-refractivity contribution in [2.75, 3.05) is 5.73 Å². The highest BCUT2D eigenvalue weighted by Gasteiger charge is 2.07. The third-order valence-corrected chi connectivity index (χ3v) is 3.44. The summed E-state index contributed by atoms with van der Waals surface area (Å²) in [6, 6.07) is 4.33. The summed E-state index contributed by atoms with van der Waals surface area (Å²) < 4.78 is 1.35. The highest BCUT2D eigenvalue weighted by atomic mass is 32.1. The van der Waals surface area contributed by atoms with E-state index in [0.29, 0.717) is 0 Å². The number of rotatable bonds is 1. The fourth-order valence-electron chi connectivity index (χ4n) is 1.70. The normalized spacial score (nSPS) is 10.9. The number of benzene rings is 1. The Morgan fingerprint density at radius 3 is 2.92 bits per heavy atom. The Hall–Kier alpha value is -1.02. The van der Waals surface area contributed by atoms with Crippen LogP contribution in [0.5, 0.6) is 0 Å². The lowest BCUT2D eigenvalue weighted by Crippen LogP contribution is -1.95. The number of nitrogen functional groups attached to an aromatic ring is 1. The first-order valence-corrected chi connectivity index (χ1v) is 5.37. The number of nitrogens with two attached hydrogens (primary N) is 1. The standard InChI is InChI=1S/C11H13NS/c1-3-9-10(12)7(2)6-8-4-5-13-11(8)9/h4-6H,3,12H2,1-2H3. The van der Waals surface area contributed by atoms with E-state index in [-0.39, 0.29) is 0 Å². The van der Waals surface area contributed by atoms with Crippen LogP contribution in [0.25, 0.3) is 10.1 Å². The lowest BCUT2D eigenvalue weighted by molar-refractivity contribution is 1.16. The molecule has 0 saturated carbocycles. The van der Waals surface area contributed by atoms with Crippen molar-refractivity contribution < 1.29 is 0 Å². The van der Waals surface area contributed by atoms with Crippen molar-refractivity contribution in [2.45, 2.75) is 20.3 Å². The largest absolute Gasteiger partial charge is 0.398 e. The van der Waals surface area contributed by atoms with Gasteiger partial charge in [0.1, 0.15) is 0 Å². The average Bonchev–Trinajstić information content (AvgIpc) is 2.54. The van der Waals surface area contributed by atoms with Gasteiger partial charge in [0, 0.05) is 10.4 Å². The SMILES string of the molecule is CCc1c(N)c(C)cc2ccsc12. The van der Waals surface area contributed by atoms with Crippen LogP contribution < -0.4 is 5.73 Å². The van der Waals surface area contributed by atoms with E-state index >= 15 is 0 Å². The fraction of sp³-hybridized carbons (Fsp3) is 0.273. The van der Waals surface area contributed by atoms with Crippen LogP contribution in [0.4, 0.5) is 5.69 Å². The minimum absolute atomic E-state index is 0.970. The Balaban J connectivity index is 2.87. The molecule has 13 heavy (non-hydrogen) atoms. The molecular weight excluding hydrogens is 178 g/mol. The van der Waals surface area contributed by atoms with Crippen molar-refractivity contribution in [3.63, 3.8) is 0 Å². The molecule has 2 rings (SSSR count). The van der Waals surface area contributed by atoms with Crippen LogP contribution in [-0.4, -0.2) is 0 Å². The van der Waals surface area contributed by atoms with Gasteiger partial charge in [-0.1, -0.05) is 6.92 Å². The zero-order valence-electron chi connectivity index (χ0n) is 7.92. The van der Waals surface area contributed by atoms with Crippen molar-refractivity contribution in [3.05, 3.63) is 28.6 Å². The first-order valence-electron chi connectivity index (χ1n) is 4.49. The van der Waals surface area contributed by atoms with Gasteiger partial charge in [-0.2, -0.15) is 0 Å². The van der Waals surface area contributed by atoms with Gasteiger partial charge in [0.15, 0.2) is 0 Å². The second kappa shape index (κ2) is 3.04. The molecule has 0 unspecified atom stereocenters. The molecule has 1 nitrogen and oxygen atoms in total. The maximum atomic E-state index is 6.03. The summed E-state index contributed by atoms with van der Waals surface area (Å²) in [6.07, 6.45) is 1.02. The molecule has 0 radical (unpaired) electrons. The van der Waals surface area contributed by atoms with Gasteiger partial charge in [-0.15, -0.1) is 11.3 Å². The molecule has 0 spiro atoms. The summed E-state index contributed by atoms with van der Waals surface area (Å²) >= 11 is 1.78. The molecule has 0 amide bonds. The third-order valence-electron chi connectivity index (χ3n) is 2.45. The van der Waals surface area contributed by atoms with Crippen LogP contribution in [0.1, 0.15) is 18.1 Å². The summed E-state index contributed by atoms with van der Waals surface area (Å²) in [5.74, 6) is 0. The Labute approximate surface area is 82.2 Å². The van der Waals surface area contributed by atoms with E-state index in [0.717, 1.165) is 12.1 Å². The van der Waals surface area contributed by atoms with Crippen molar-refractivity contribution >= 4 is 27.1 Å². The van der Waals surface area contributed by atoms with E-state index in [1.54, 1.807) is 11.3 Å². The molecule has 0 atom stereocenters. The molecule has 68 valence electrons. The fourth-order valence-corrected chi connectivity index (χ4v) is 2.71. The van der Waals surface area contributed by atoms with Crippen molar-refractivity contribution in [1.29, 1.82) is 0 Å². The summed E-state index contributed by atoms with van der Waals surface area (Å²) in [5, 5.41) is 3.46. The molecule has 0 bridgehead atoms. The zero-order chi connectivity index (χ0) is 9.42. The van der Waals surface area contributed by atoms with Crippen LogP contribution in [0.2, 0.25) is 0 Å². The Bertz CT molecular complexity index is 443. The molecule has 1 heterocycles. The van der Waals surface area contributed by atoms with Crippen LogP contribution in [0.15, 0.2) is 17.5 Å². The van der Waals surface area contributed by atoms with Gasteiger partial charge in [-0.25, -0.2) is 0 Å². The monoisotopic (exact) mass is 191 g/mol. The van der Waals surface area contributed by atoms with Crippen LogP contribution in [0, 0.1) is 6.92 Å². The number of thiophene rings is 1. The van der Waals surface area contributed by atoms with Gasteiger partial charge in [-0.05, 0) is 47.4 Å².